The van der Waals surface area contributed by atoms with Crippen molar-refractivity contribution >= 4 is 11.9 Å². The summed E-state index contributed by atoms with van der Waals surface area (Å²) in [5.74, 6) is 1.46. The summed E-state index contributed by atoms with van der Waals surface area (Å²) in [5.41, 5.74) is 1.05. The molecule has 1 aliphatic rings. The summed E-state index contributed by atoms with van der Waals surface area (Å²) in [4.78, 5) is 16.0. The molecular formula is C12H12N4O2. The second-order valence-corrected chi connectivity index (χ2v) is 4.15. The number of hydrogen-bond donors (Lipinski definition) is 2. The van der Waals surface area contributed by atoms with Crippen molar-refractivity contribution in [2.45, 2.75) is 19.4 Å². The molecule has 1 atom stereocenters. The van der Waals surface area contributed by atoms with Gasteiger partial charge in [0.15, 0.2) is 6.10 Å². The van der Waals surface area contributed by atoms with Gasteiger partial charge in [-0.25, -0.2) is 0 Å². The van der Waals surface area contributed by atoms with Gasteiger partial charge in [0.1, 0.15) is 11.6 Å². The standard InChI is InChI=1S/C12H12N4O2/c1-7-13-12(16-15-7)14-11(17)10-6-8-4-2-3-5-9(8)18-10/h2-5,10H,6H2,1H3,(H2,13,14,15,16,17). The second-order valence-electron chi connectivity index (χ2n) is 4.15. The van der Waals surface area contributed by atoms with Crippen molar-refractivity contribution in [2.75, 3.05) is 5.32 Å². The van der Waals surface area contributed by atoms with Crippen LogP contribution in [0.4, 0.5) is 5.95 Å². The SMILES string of the molecule is Cc1nc(NC(=O)C2Cc3ccccc3O2)n[nH]1. The fourth-order valence-electron chi connectivity index (χ4n) is 1.92. The highest BCUT2D eigenvalue weighted by atomic mass is 16.5. The van der Waals surface area contributed by atoms with Crippen LogP contribution < -0.4 is 10.1 Å². The summed E-state index contributed by atoms with van der Waals surface area (Å²) >= 11 is 0. The highest BCUT2D eigenvalue weighted by Gasteiger charge is 2.29. The zero-order valence-electron chi connectivity index (χ0n) is 9.80. The number of fused-ring (bicyclic) bond motifs is 1. The first-order valence-corrected chi connectivity index (χ1v) is 5.67. The highest BCUT2D eigenvalue weighted by Crippen LogP contribution is 2.28. The molecule has 0 saturated heterocycles. The van der Waals surface area contributed by atoms with E-state index in [1.807, 2.05) is 24.3 Å². The van der Waals surface area contributed by atoms with Gasteiger partial charge in [-0.3, -0.25) is 15.2 Å². The fourth-order valence-corrected chi connectivity index (χ4v) is 1.92. The van der Waals surface area contributed by atoms with Gasteiger partial charge in [0.25, 0.3) is 5.91 Å². The lowest BCUT2D eigenvalue weighted by Gasteiger charge is -2.08. The Balaban J connectivity index is 1.69. The number of aryl methyl sites for hydroxylation is 1. The number of carbonyl (C=O) groups is 1. The lowest BCUT2D eigenvalue weighted by Crippen LogP contribution is -2.31. The van der Waals surface area contributed by atoms with Gasteiger partial charge in [0.05, 0.1) is 0 Å². The minimum absolute atomic E-state index is 0.231. The monoisotopic (exact) mass is 244 g/mol. The molecule has 6 heteroatoms. The van der Waals surface area contributed by atoms with Crippen LogP contribution in [-0.4, -0.2) is 27.2 Å². The molecule has 1 aliphatic heterocycles. The zero-order valence-corrected chi connectivity index (χ0v) is 9.80. The molecule has 6 nitrogen and oxygen atoms in total. The molecule has 0 aliphatic carbocycles. The quantitative estimate of drug-likeness (QED) is 0.827. The number of nitrogens with one attached hydrogen (secondary N) is 2. The number of nitrogens with zero attached hydrogens (tertiary/aromatic N) is 2. The Morgan fingerprint density at radius 2 is 2.33 bits per heavy atom. The molecule has 0 spiro atoms. The topological polar surface area (TPSA) is 79.9 Å². The van der Waals surface area contributed by atoms with Crippen LogP contribution in [0.15, 0.2) is 24.3 Å². The third kappa shape index (κ3) is 1.92. The first-order valence-electron chi connectivity index (χ1n) is 5.67. The Hall–Kier alpha value is -2.37. The third-order valence-corrected chi connectivity index (χ3v) is 2.77. The van der Waals surface area contributed by atoms with Gasteiger partial charge in [-0.05, 0) is 18.6 Å². The zero-order chi connectivity index (χ0) is 12.5. The van der Waals surface area contributed by atoms with Crippen LogP contribution in [-0.2, 0) is 11.2 Å². The molecular weight excluding hydrogens is 232 g/mol. The van der Waals surface area contributed by atoms with Crippen molar-refractivity contribution in [3.63, 3.8) is 0 Å². The number of amides is 1. The van der Waals surface area contributed by atoms with Gasteiger partial charge < -0.3 is 4.74 Å². The maximum atomic E-state index is 12.0. The normalized spacial score (nSPS) is 17.1. The van der Waals surface area contributed by atoms with E-state index in [-0.39, 0.29) is 11.9 Å². The smallest absolute Gasteiger partial charge is 0.268 e. The first-order chi connectivity index (χ1) is 8.72. The van der Waals surface area contributed by atoms with Gasteiger partial charge in [-0.1, -0.05) is 18.2 Å². The van der Waals surface area contributed by atoms with Crippen LogP contribution in [0, 0.1) is 6.92 Å². The molecule has 92 valence electrons. The minimum Gasteiger partial charge on any atom is -0.480 e. The molecule has 0 bridgehead atoms. The Kier molecular flexibility index (Phi) is 2.47. The van der Waals surface area contributed by atoms with E-state index >= 15 is 0 Å². The Morgan fingerprint density at radius 3 is 3.06 bits per heavy atom. The van der Waals surface area contributed by atoms with Crippen molar-refractivity contribution in [1.82, 2.24) is 15.2 Å². The second kappa shape index (κ2) is 4.14. The van der Waals surface area contributed by atoms with Crippen LogP contribution in [0.25, 0.3) is 0 Å². The number of aromatic nitrogens is 3. The molecule has 18 heavy (non-hydrogen) atoms. The van der Waals surface area contributed by atoms with Gasteiger partial charge in [-0.15, -0.1) is 5.10 Å². The largest absolute Gasteiger partial charge is 0.480 e. The third-order valence-electron chi connectivity index (χ3n) is 2.77. The summed E-state index contributed by atoms with van der Waals surface area (Å²) in [5, 5.41) is 9.14. The van der Waals surface area contributed by atoms with Gasteiger partial charge in [-0.2, -0.15) is 4.98 Å². The molecule has 1 aromatic heterocycles. The Morgan fingerprint density at radius 1 is 1.50 bits per heavy atom. The summed E-state index contributed by atoms with van der Waals surface area (Å²) in [7, 11) is 0. The van der Waals surface area contributed by atoms with Crippen molar-refractivity contribution in [3.05, 3.63) is 35.7 Å². The fraction of sp³-hybridized carbons (Fsp3) is 0.250. The molecule has 2 heterocycles. The van der Waals surface area contributed by atoms with Crippen LogP contribution >= 0.6 is 0 Å². The molecule has 1 amide bonds. The van der Waals surface area contributed by atoms with Crippen molar-refractivity contribution in [3.8, 4) is 5.75 Å². The average Bonchev–Trinajstić information content (AvgIpc) is 2.95. The van der Waals surface area contributed by atoms with Crippen molar-refractivity contribution in [2.24, 2.45) is 0 Å². The lowest BCUT2D eigenvalue weighted by molar-refractivity contribution is -0.122. The number of carbonyl (C=O) groups excluding carboxylic acids is 1. The predicted molar refractivity (Wildman–Crippen MR) is 64.3 cm³/mol. The molecule has 1 aromatic carbocycles. The molecule has 0 saturated carbocycles. The van der Waals surface area contributed by atoms with Crippen LogP contribution in [0.5, 0.6) is 5.75 Å². The molecule has 2 aromatic rings. The van der Waals surface area contributed by atoms with Gasteiger partial charge >= 0.3 is 0 Å². The highest BCUT2D eigenvalue weighted by molar-refractivity contribution is 5.93. The summed E-state index contributed by atoms with van der Waals surface area (Å²) in [6.07, 6.45) is 0.0620. The van der Waals surface area contributed by atoms with Gasteiger partial charge in [0, 0.05) is 6.42 Å². The molecule has 3 rings (SSSR count). The number of H-pyrrole nitrogens is 1. The summed E-state index contributed by atoms with van der Waals surface area (Å²) in [6.45, 7) is 1.77. The molecule has 1 unspecified atom stereocenters. The lowest BCUT2D eigenvalue weighted by atomic mass is 10.1. The molecule has 0 radical (unpaired) electrons. The van der Waals surface area contributed by atoms with E-state index < -0.39 is 6.10 Å². The summed E-state index contributed by atoms with van der Waals surface area (Å²) < 4.78 is 5.57. The molecule has 0 fully saturated rings. The number of ether oxygens (including phenoxy) is 1. The number of benzene rings is 1. The number of aromatic amines is 1. The summed E-state index contributed by atoms with van der Waals surface area (Å²) in [6, 6.07) is 7.64. The number of rotatable bonds is 2. The maximum Gasteiger partial charge on any atom is 0.268 e. The number of hydrogen-bond acceptors (Lipinski definition) is 4. The van der Waals surface area contributed by atoms with E-state index in [9.17, 15) is 4.79 Å². The van der Waals surface area contributed by atoms with E-state index in [1.165, 1.54) is 0 Å². The van der Waals surface area contributed by atoms with Crippen LogP contribution in [0.1, 0.15) is 11.4 Å². The van der Waals surface area contributed by atoms with Crippen molar-refractivity contribution < 1.29 is 9.53 Å². The van der Waals surface area contributed by atoms with E-state index in [0.29, 0.717) is 12.2 Å². The van der Waals surface area contributed by atoms with E-state index in [2.05, 4.69) is 20.5 Å². The van der Waals surface area contributed by atoms with Gasteiger partial charge in [0.2, 0.25) is 5.95 Å². The first kappa shape index (κ1) is 10.8. The predicted octanol–water partition coefficient (Wildman–Crippen LogP) is 1.06. The van der Waals surface area contributed by atoms with Crippen LogP contribution in [0.2, 0.25) is 0 Å². The average molecular weight is 244 g/mol. The van der Waals surface area contributed by atoms with E-state index in [0.717, 1.165) is 11.3 Å². The Bertz CT molecular complexity index is 568. The van der Waals surface area contributed by atoms with E-state index in [4.69, 9.17) is 4.74 Å². The van der Waals surface area contributed by atoms with E-state index in [1.54, 1.807) is 6.92 Å². The maximum absolute atomic E-state index is 12.0. The number of para-hydroxylation sites is 1. The minimum atomic E-state index is -0.513. The van der Waals surface area contributed by atoms with Crippen LogP contribution in [0.3, 0.4) is 0 Å². The Labute approximate surface area is 103 Å². The van der Waals surface area contributed by atoms with Crippen molar-refractivity contribution in [1.29, 1.82) is 0 Å². The molecule has 2 N–H and O–H groups in total. The number of anilines is 1.